The van der Waals surface area contributed by atoms with Crippen molar-refractivity contribution >= 4 is 11.3 Å². The number of thiophene rings is 1. The van der Waals surface area contributed by atoms with E-state index in [0.29, 0.717) is 12.0 Å². The standard InChI is InChI=1S/C12H19NOS/c1-8-3-4-12(15-8)9(2)13-7-10-5-11(14)6-10/h3-4,9-11,13-14H,5-7H2,1-2H3. The number of rotatable bonds is 4. The topological polar surface area (TPSA) is 32.3 Å². The van der Waals surface area contributed by atoms with Gasteiger partial charge in [-0.1, -0.05) is 0 Å². The highest BCUT2D eigenvalue weighted by Gasteiger charge is 2.27. The first kappa shape index (κ1) is 11.1. The van der Waals surface area contributed by atoms with Crippen LogP contribution in [-0.2, 0) is 0 Å². The van der Waals surface area contributed by atoms with E-state index in [9.17, 15) is 5.11 Å². The summed E-state index contributed by atoms with van der Waals surface area (Å²) in [7, 11) is 0. The molecule has 1 atom stereocenters. The van der Waals surface area contributed by atoms with Crippen molar-refractivity contribution in [1.82, 2.24) is 5.32 Å². The molecule has 1 saturated carbocycles. The van der Waals surface area contributed by atoms with Gasteiger partial charge in [0.2, 0.25) is 0 Å². The summed E-state index contributed by atoms with van der Waals surface area (Å²) in [5, 5.41) is 12.7. The zero-order valence-electron chi connectivity index (χ0n) is 9.36. The maximum Gasteiger partial charge on any atom is 0.0546 e. The monoisotopic (exact) mass is 225 g/mol. The van der Waals surface area contributed by atoms with Crippen molar-refractivity contribution in [1.29, 1.82) is 0 Å². The van der Waals surface area contributed by atoms with Crippen LogP contribution in [0.4, 0.5) is 0 Å². The zero-order chi connectivity index (χ0) is 10.8. The summed E-state index contributed by atoms with van der Waals surface area (Å²) in [5.74, 6) is 0.684. The van der Waals surface area contributed by atoms with E-state index in [2.05, 4.69) is 31.3 Å². The van der Waals surface area contributed by atoms with Gasteiger partial charge in [-0.2, -0.15) is 0 Å². The normalized spacial score (nSPS) is 27.4. The maximum absolute atomic E-state index is 9.18. The lowest BCUT2D eigenvalue weighted by molar-refractivity contribution is 0.0421. The van der Waals surface area contributed by atoms with Crippen LogP contribution in [0.3, 0.4) is 0 Å². The van der Waals surface area contributed by atoms with Gasteiger partial charge in [-0.15, -0.1) is 11.3 Å². The lowest BCUT2D eigenvalue weighted by atomic mass is 9.82. The summed E-state index contributed by atoms with van der Waals surface area (Å²) in [6, 6.07) is 4.82. The van der Waals surface area contributed by atoms with Crippen LogP contribution in [0, 0.1) is 12.8 Å². The molecule has 1 aromatic heterocycles. The van der Waals surface area contributed by atoms with Crippen LogP contribution in [-0.4, -0.2) is 17.8 Å². The van der Waals surface area contributed by atoms with Gasteiger partial charge in [0, 0.05) is 15.8 Å². The van der Waals surface area contributed by atoms with Crippen LogP contribution in [0.1, 0.15) is 35.6 Å². The van der Waals surface area contributed by atoms with Gasteiger partial charge >= 0.3 is 0 Å². The molecule has 0 bridgehead atoms. The molecule has 0 saturated heterocycles. The molecule has 1 unspecified atom stereocenters. The van der Waals surface area contributed by atoms with Gasteiger partial charge in [0.05, 0.1) is 6.10 Å². The Morgan fingerprint density at radius 1 is 1.53 bits per heavy atom. The molecule has 0 spiro atoms. The highest BCUT2D eigenvalue weighted by molar-refractivity contribution is 7.12. The van der Waals surface area contributed by atoms with E-state index in [4.69, 9.17) is 0 Å². The summed E-state index contributed by atoms with van der Waals surface area (Å²) >= 11 is 1.86. The van der Waals surface area contributed by atoms with E-state index in [1.807, 2.05) is 11.3 Å². The first-order valence-corrected chi connectivity index (χ1v) is 6.44. The molecule has 0 aromatic carbocycles. The lowest BCUT2D eigenvalue weighted by Crippen LogP contribution is -2.36. The van der Waals surface area contributed by atoms with Gasteiger partial charge < -0.3 is 10.4 Å². The fraction of sp³-hybridized carbons (Fsp3) is 0.667. The Hall–Kier alpha value is -0.380. The van der Waals surface area contributed by atoms with Crippen LogP contribution in [0.15, 0.2) is 12.1 Å². The Labute approximate surface area is 95.3 Å². The molecular formula is C12H19NOS. The number of hydrogen-bond acceptors (Lipinski definition) is 3. The minimum absolute atomic E-state index is 0.0314. The van der Waals surface area contributed by atoms with Gasteiger partial charge in [0.15, 0.2) is 0 Å². The van der Waals surface area contributed by atoms with Crippen LogP contribution in [0.2, 0.25) is 0 Å². The molecule has 1 aliphatic carbocycles. The number of aliphatic hydroxyl groups is 1. The van der Waals surface area contributed by atoms with Crippen LogP contribution in [0.25, 0.3) is 0 Å². The van der Waals surface area contributed by atoms with E-state index >= 15 is 0 Å². The Morgan fingerprint density at radius 3 is 2.80 bits per heavy atom. The van der Waals surface area contributed by atoms with E-state index in [1.54, 1.807) is 0 Å². The van der Waals surface area contributed by atoms with E-state index in [-0.39, 0.29) is 6.10 Å². The van der Waals surface area contributed by atoms with Gasteiger partial charge in [0.1, 0.15) is 0 Å². The van der Waals surface area contributed by atoms with E-state index < -0.39 is 0 Å². The van der Waals surface area contributed by atoms with Crippen molar-refractivity contribution in [3.63, 3.8) is 0 Å². The highest BCUT2D eigenvalue weighted by Crippen LogP contribution is 2.28. The fourth-order valence-electron chi connectivity index (χ4n) is 2.00. The molecule has 1 fully saturated rings. The minimum atomic E-state index is -0.0314. The second-order valence-corrected chi connectivity index (χ2v) is 5.89. The molecule has 1 heterocycles. The van der Waals surface area contributed by atoms with Crippen LogP contribution >= 0.6 is 11.3 Å². The van der Waals surface area contributed by atoms with E-state index in [1.165, 1.54) is 9.75 Å². The van der Waals surface area contributed by atoms with Crippen molar-refractivity contribution in [2.75, 3.05) is 6.54 Å². The van der Waals surface area contributed by atoms with Gasteiger partial charge in [-0.05, 0) is 51.3 Å². The fourth-order valence-corrected chi connectivity index (χ4v) is 2.90. The average Bonchev–Trinajstić information content (AvgIpc) is 2.57. The number of aryl methyl sites for hydroxylation is 1. The summed E-state index contributed by atoms with van der Waals surface area (Å²) < 4.78 is 0. The van der Waals surface area contributed by atoms with Crippen LogP contribution in [0.5, 0.6) is 0 Å². The molecule has 0 amide bonds. The van der Waals surface area contributed by atoms with Gasteiger partial charge in [0.25, 0.3) is 0 Å². The first-order valence-electron chi connectivity index (χ1n) is 5.63. The summed E-state index contributed by atoms with van der Waals surface area (Å²) in [6.07, 6.45) is 1.92. The zero-order valence-corrected chi connectivity index (χ0v) is 10.2. The van der Waals surface area contributed by atoms with Crippen molar-refractivity contribution in [3.05, 3.63) is 21.9 Å². The van der Waals surface area contributed by atoms with Gasteiger partial charge in [-0.3, -0.25) is 0 Å². The van der Waals surface area contributed by atoms with Gasteiger partial charge in [-0.25, -0.2) is 0 Å². The largest absolute Gasteiger partial charge is 0.393 e. The SMILES string of the molecule is Cc1ccc(C(C)NCC2CC(O)C2)s1. The third kappa shape index (κ3) is 2.80. The minimum Gasteiger partial charge on any atom is -0.393 e. The van der Waals surface area contributed by atoms with Crippen LogP contribution < -0.4 is 5.32 Å². The quantitative estimate of drug-likeness (QED) is 0.825. The molecule has 15 heavy (non-hydrogen) atoms. The Balaban J connectivity index is 1.75. The Kier molecular flexibility index (Phi) is 3.44. The first-order chi connectivity index (χ1) is 7.15. The number of aliphatic hydroxyl groups excluding tert-OH is 1. The number of nitrogens with one attached hydrogen (secondary N) is 1. The highest BCUT2D eigenvalue weighted by atomic mass is 32.1. The van der Waals surface area contributed by atoms with Crippen molar-refractivity contribution in [2.24, 2.45) is 5.92 Å². The molecule has 2 rings (SSSR count). The van der Waals surface area contributed by atoms with Crippen molar-refractivity contribution < 1.29 is 5.11 Å². The predicted molar refractivity (Wildman–Crippen MR) is 64.2 cm³/mol. The third-order valence-corrected chi connectivity index (χ3v) is 4.29. The molecule has 1 aromatic rings. The summed E-state index contributed by atoms with van der Waals surface area (Å²) in [5.41, 5.74) is 0. The second kappa shape index (κ2) is 4.64. The second-order valence-electron chi connectivity index (χ2n) is 4.57. The Morgan fingerprint density at radius 2 is 2.27 bits per heavy atom. The third-order valence-electron chi connectivity index (χ3n) is 3.11. The maximum atomic E-state index is 9.18. The number of hydrogen-bond donors (Lipinski definition) is 2. The molecule has 84 valence electrons. The Bertz CT molecular complexity index is 317. The van der Waals surface area contributed by atoms with E-state index in [0.717, 1.165) is 19.4 Å². The molecule has 2 nitrogen and oxygen atoms in total. The molecule has 0 aliphatic heterocycles. The molecule has 3 heteroatoms. The predicted octanol–water partition coefficient (Wildman–Crippen LogP) is 2.48. The summed E-state index contributed by atoms with van der Waals surface area (Å²) in [4.78, 5) is 2.78. The molecule has 0 radical (unpaired) electrons. The lowest BCUT2D eigenvalue weighted by Gasteiger charge is -2.32. The molecule has 2 N–H and O–H groups in total. The smallest absolute Gasteiger partial charge is 0.0546 e. The average molecular weight is 225 g/mol. The van der Waals surface area contributed by atoms with Crippen molar-refractivity contribution in [3.8, 4) is 0 Å². The van der Waals surface area contributed by atoms with Crippen molar-refractivity contribution in [2.45, 2.75) is 38.8 Å². The molecular weight excluding hydrogens is 206 g/mol. The molecule has 1 aliphatic rings. The summed E-state index contributed by atoms with van der Waals surface area (Å²) in [6.45, 7) is 5.39.